The number of rotatable bonds is 3. The Morgan fingerprint density at radius 1 is 1.27 bits per heavy atom. The van der Waals surface area contributed by atoms with E-state index in [2.05, 4.69) is 5.32 Å². The minimum Gasteiger partial charge on any atom is -0.343 e. The third-order valence-electron chi connectivity index (χ3n) is 4.80. The van der Waals surface area contributed by atoms with Crippen LogP contribution in [0.4, 0.5) is 5.69 Å². The third kappa shape index (κ3) is 2.73. The van der Waals surface area contributed by atoms with Gasteiger partial charge >= 0.3 is 0 Å². The Morgan fingerprint density at radius 2 is 1.91 bits per heavy atom. The predicted molar refractivity (Wildman–Crippen MR) is 85.5 cm³/mol. The predicted octanol–water partition coefficient (Wildman–Crippen LogP) is 1.49. The van der Waals surface area contributed by atoms with Crippen molar-refractivity contribution >= 4 is 17.5 Å². The van der Waals surface area contributed by atoms with Crippen molar-refractivity contribution in [3.63, 3.8) is 0 Å². The molecule has 1 aromatic carbocycles. The fourth-order valence-electron chi connectivity index (χ4n) is 3.33. The van der Waals surface area contributed by atoms with Crippen LogP contribution in [0, 0.1) is 6.92 Å². The van der Waals surface area contributed by atoms with E-state index in [0.717, 1.165) is 24.1 Å². The van der Waals surface area contributed by atoms with E-state index in [1.807, 2.05) is 31.2 Å². The number of carbonyl (C=O) groups excluding carboxylic acids is 2. The second kappa shape index (κ2) is 5.72. The van der Waals surface area contributed by atoms with Gasteiger partial charge in [-0.25, -0.2) is 0 Å². The highest BCUT2D eigenvalue weighted by Crippen LogP contribution is 2.28. The molecule has 0 radical (unpaired) electrons. The van der Waals surface area contributed by atoms with Gasteiger partial charge in [-0.3, -0.25) is 9.59 Å². The van der Waals surface area contributed by atoms with E-state index in [-0.39, 0.29) is 11.8 Å². The first-order valence-electron chi connectivity index (χ1n) is 7.97. The van der Waals surface area contributed by atoms with Crippen LogP contribution >= 0.6 is 0 Å². The average Bonchev–Trinajstić information content (AvgIpc) is 3.09. The lowest BCUT2D eigenvalue weighted by Gasteiger charge is -2.24. The van der Waals surface area contributed by atoms with E-state index in [1.54, 1.807) is 4.90 Å². The smallest absolute Gasteiger partial charge is 0.249 e. The molecule has 1 atom stereocenters. The van der Waals surface area contributed by atoms with Gasteiger partial charge in [-0.15, -0.1) is 0 Å². The number of benzene rings is 1. The Bertz CT molecular complexity index is 576. The van der Waals surface area contributed by atoms with E-state index in [4.69, 9.17) is 5.73 Å². The zero-order valence-corrected chi connectivity index (χ0v) is 13.0. The molecule has 1 unspecified atom stereocenters. The molecule has 0 bridgehead atoms. The van der Waals surface area contributed by atoms with Crippen LogP contribution in [0.3, 0.4) is 0 Å². The van der Waals surface area contributed by atoms with E-state index in [0.29, 0.717) is 25.8 Å². The number of nitrogens with zero attached hydrogens (tertiary/aromatic N) is 1. The molecule has 1 aliphatic heterocycles. The Morgan fingerprint density at radius 3 is 2.55 bits per heavy atom. The normalized spacial score (nSPS) is 23.8. The molecular formula is C17H23N3O2. The molecule has 0 spiro atoms. The van der Waals surface area contributed by atoms with Gasteiger partial charge in [0.25, 0.3) is 0 Å². The molecule has 1 aliphatic carbocycles. The average molecular weight is 301 g/mol. The highest BCUT2D eigenvalue weighted by molar-refractivity contribution is 6.02. The summed E-state index contributed by atoms with van der Waals surface area (Å²) in [6.07, 6.45) is 4.02. The van der Waals surface area contributed by atoms with Crippen LogP contribution in [0.1, 0.15) is 37.7 Å². The van der Waals surface area contributed by atoms with Crippen molar-refractivity contribution in [3.05, 3.63) is 29.8 Å². The third-order valence-corrected chi connectivity index (χ3v) is 4.80. The molecule has 2 amide bonds. The van der Waals surface area contributed by atoms with E-state index in [1.165, 1.54) is 0 Å². The number of aryl methyl sites for hydroxylation is 1. The second-order valence-corrected chi connectivity index (χ2v) is 6.50. The first-order chi connectivity index (χ1) is 10.5. The van der Waals surface area contributed by atoms with Crippen LogP contribution in [-0.2, 0) is 9.59 Å². The quantitative estimate of drug-likeness (QED) is 0.888. The maximum atomic E-state index is 12.5. The number of anilines is 1. The molecule has 1 heterocycles. The summed E-state index contributed by atoms with van der Waals surface area (Å²) in [5.41, 5.74) is 7.42. The number of amides is 2. The van der Waals surface area contributed by atoms with Gasteiger partial charge in [-0.1, -0.05) is 30.5 Å². The summed E-state index contributed by atoms with van der Waals surface area (Å²) in [7, 11) is 0. The molecule has 118 valence electrons. The standard InChI is InChI=1S/C17H23N3O2/c1-12-4-6-13(7-5-12)20-11-8-14(15(20)21)19-16(22)17(18)9-2-3-10-17/h4-7,14H,2-3,8-11,18H2,1H3,(H,19,22). The maximum Gasteiger partial charge on any atom is 0.249 e. The summed E-state index contributed by atoms with van der Waals surface area (Å²) in [6.45, 7) is 2.64. The zero-order valence-electron chi connectivity index (χ0n) is 13.0. The fraction of sp³-hybridized carbons (Fsp3) is 0.529. The molecule has 5 heteroatoms. The van der Waals surface area contributed by atoms with Crippen molar-refractivity contribution in [1.29, 1.82) is 0 Å². The van der Waals surface area contributed by atoms with Crippen LogP contribution in [0.5, 0.6) is 0 Å². The SMILES string of the molecule is Cc1ccc(N2CCC(NC(=O)C3(N)CCCC3)C2=O)cc1. The van der Waals surface area contributed by atoms with Crippen molar-refractivity contribution in [2.24, 2.45) is 5.73 Å². The summed E-state index contributed by atoms with van der Waals surface area (Å²) in [5, 5.41) is 2.87. The van der Waals surface area contributed by atoms with Gasteiger partial charge in [0, 0.05) is 12.2 Å². The first-order valence-corrected chi connectivity index (χ1v) is 7.97. The minimum absolute atomic E-state index is 0.0428. The van der Waals surface area contributed by atoms with Crippen molar-refractivity contribution in [2.45, 2.75) is 50.6 Å². The summed E-state index contributed by atoms with van der Waals surface area (Å²) < 4.78 is 0. The van der Waals surface area contributed by atoms with E-state index in [9.17, 15) is 9.59 Å². The number of hydrogen-bond donors (Lipinski definition) is 2. The lowest BCUT2D eigenvalue weighted by molar-refractivity contribution is -0.130. The minimum atomic E-state index is -0.780. The Labute approximate surface area is 130 Å². The van der Waals surface area contributed by atoms with Gasteiger partial charge in [-0.2, -0.15) is 0 Å². The molecule has 0 aromatic heterocycles. The number of carbonyl (C=O) groups is 2. The molecule has 3 N–H and O–H groups in total. The largest absolute Gasteiger partial charge is 0.343 e. The molecule has 3 rings (SSSR count). The molecule has 22 heavy (non-hydrogen) atoms. The molecule has 5 nitrogen and oxygen atoms in total. The van der Waals surface area contributed by atoms with Crippen LogP contribution < -0.4 is 16.0 Å². The molecule has 1 aromatic rings. The Balaban J connectivity index is 1.66. The summed E-state index contributed by atoms with van der Waals surface area (Å²) in [6, 6.07) is 7.41. The highest BCUT2D eigenvalue weighted by Gasteiger charge is 2.41. The second-order valence-electron chi connectivity index (χ2n) is 6.50. The fourth-order valence-corrected chi connectivity index (χ4v) is 3.33. The molecule has 2 aliphatic rings. The number of hydrogen-bond acceptors (Lipinski definition) is 3. The number of nitrogens with one attached hydrogen (secondary N) is 1. The molecular weight excluding hydrogens is 278 g/mol. The first kappa shape index (κ1) is 15.0. The van der Waals surface area contributed by atoms with Crippen LogP contribution in [0.25, 0.3) is 0 Å². The van der Waals surface area contributed by atoms with Gasteiger partial charge < -0.3 is 16.0 Å². The lowest BCUT2D eigenvalue weighted by atomic mass is 9.97. The van der Waals surface area contributed by atoms with E-state index >= 15 is 0 Å². The van der Waals surface area contributed by atoms with Crippen molar-refractivity contribution < 1.29 is 9.59 Å². The molecule has 1 saturated heterocycles. The van der Waals surface area contributed by atoms with Crippen LogP contribution in [0.15, 0.2) is 24.3 Å². The summed E-state index contributed by atoms with van der Waals surface area (Å²) >= 11 is 0. The number of nitrogens with two attached hydrogens (primary N) is 1. The van der Waals surface area contributed by atoms with Gasteiger partial charge in [-0.05, 0) is 38.3 Å². The van der Waals surface area contributed by atoms with Crippen molar-refractivity contribution in [2.75, 3.05) is 11.4 Å². The lowest BCUT2D eigenvalue weighted by Crippen LogP contribution is -2.55. The van der Waals surface area contributed by atoms with Crippen molar-refractivity contribution in [1.82, 2.24) is 5.32 Å². The maximum absolute atomic E-state index is 12.5. The molecule has 2 fully saturated rings. The highest BCUT2D eigenvalue weighted by atomic mass is 16.2. The van der Waals surface area contributed by atoms with Gasteiger partial charge in [0.2, 0.25) is 11.8 Å². The summed E-state index contributed by atoms with van der Waals surface area (Å²) in [5.74, 6) is -0.215. The molecule has 1 saturated carbocycles. The van der Waals surface area contributed by atoms with Gasteiger partial charge in [0.1, 0.15) is 6.04 Å². The Hall–Kier alpha value is -1.88. The zero-order chi connectivity index (χ0) is 15.7. The monoisotopic (exact) mass is 301 g/mol. The summed E-state index contributed by atoms with van der Waals surface area (Å²) in [4.78, 5) is 26.6. The van der Waals surface area contributed by atoms with Gasteiger partial charge in [0.05, 0.1) is 5.54 Å². The topological polar surface area (TPSA) is 75.4 Å². The van der Waals surface area contributed by atoms with Gasteiger partial charge in [0.15, 0.2) is 0 Å². The van der Waals surface area contributed by atoms with Crippen LogP contribution in [0.2, 0.25) is 0 Å². The Kier molecular flexibility index (Phi) is 3.91. The van der Waals surface area contributed by atoms with Crippen LogP contribution in [-0.4, -0.2) is 29.9 Å². The van der Waals surface area contributed by atoms with E-state index < -0.39 is 11.6 Å². The van der Waals surface area contributed by atoms with Crippen molar-refractivity contribution in [3.8, 4) is 0 Å².